The summed E-state index contributed by atoms with van der Waals surface area (Å²) in [5.74, 6) is 0.947. The summed E-state index contributed by atoms with van der Waals surface area (Å²) >= 11 is 0. The van der Waals surface area contributed by atoms with Crippen LogP contribution in [-0.2, 0) is 11.3 Å². The molecule has 1 aliphatic heterocycles. The molecule has 1 aromatic carbocycles. The number of ether oxygens (including phenoxy) is 1. The van der Waals surface area contributed by atoms with Crippen LogP contribution >= 0.6 is 0 Å². The normalized spacial score (nSPS) is 16.6. The van der Waals surface area contributed by atoms with Gasteiger partial charge in [-0.1, -0.05) is 24.2 Å². The molecule has 8 heteroatoms. The van der Waals surface area contributed by atoms with Gasteiger partial charge in [0, 0.05) is 17.3 Å². The minimum absolute atomic E-state index is 0.183. The van der Waals surface area contributed by atoms with Crippen molar-refractivity contribution in [3.63, 3.8) is 0 Å². The number of hydrogen-bond donors (Lipinski definition) is 3. The number of carbonyl (C=O) groups is 2. The molecular formula is C19H22N4O4. The van der Waals surface area contributed by atoms with Crippen molar-refractivity contribution in [3.8, 4) is 17.0 Å². The number of urea groups is 1. The van der Waals surface area contributed by atoms with E-state index in [4.69, 9.17) is 9.26 Å². The van der Waals surface area contributed by atoms with Gasteiger partial charge in [0.15, 0.2) is 5.76 Å². The van der Waals surface area contributed by atoms with Gasteiger partial charge in [-0.05, 0) is 25.5 Å². The maximum Gasteiger partial charge on any atom is 0.319 e. The molecule has 1 atom stereocenters. The Kier molecular flexibility index (Phi) is 5.44. The van der Waals surface area contributed by atoms with Crippen LogP contribution in [0.2, 0.25) is 0 Å². The van der Waals surface area contributed by atoms with Gasteiger partial charge in [0.25, 0.3) is 5.91 Å². The molecule has 0 bridgehead atoms. The average molecular weight is 370 g/mol. The second-order valence-electron chi connectivity index (χ2n) is 6.16. The molecule has 1 aromatic heterocycles. The van der Waals surface area contributed by atoms with E-state index in [-0.39, 0.29) is 24.5 Å². The first-order valence-electron chi connectivity index (χ1n) is 8.69. The van der Waals surface area contributed by atoms with Crippen LogP contribution in [0.5, 0.6) is 5.75 Å². The first kappa shape index (κ1) is 18.5. The molecular weight excluding hydrogens is 348 g/mol. The van der Waals surface area contributed by atoms with E-state index in [0.717, 1.165) is 5.56 Å². The molecule has 3 amide bonds. The molecule has 1 aliphatic rings. The third kappa shape index (κ3) is 3.94. The molecule has 3 rings (SSSR count). The second-order valence-corrected chi connectivity index (χ2v) is 6.16. The smallest absolute Gasteiger partial charge is 0.319 e. The molecule has 2 heterocycles. The number of hydrogen-bond acceptors (Lipinski definition) is 5. The summed E-state index contributed by atoms with van der Waals surface area (Å²) in [6.45, 7) is 3.81. The standard InChI is InChI=1S/C19H22N4O4/c1-4-14-17(11(2)21-19(25)22-14)18(24)20-10-12-9-15(23-27-12)13-7-5-6-8-16(13)26-3/h5-9,14H,4,10H2,1-3H3,(H,20,24)(H2,21,22,25)/t14-/m1/s1. The van der Waals surface area contributed by atoms with E-state index in [1.54, 1.807) is 20.1 Å². The van der Waals surface area contributed by atoms with Crippen LogP contribution in [0.15, 0.2) is 46.1 Å². The first-order chi connectivity index (χ1) is 13.0. The number of aromatic nitrogens is 1. The van der Waals surface area contributed by atoms with Crippen LogP contribution in [0.3, 0.4) is 0 Å². The lowest BCUT2D eigenvalue weighted by Crippen LogP contribution is -2.51. The highest BCUT2D eigenvalue weighted by Gasteiger charge is 2.28. The lowest BCUT2D eigenvalue weighted by atomic mass is 10.00. The van der Waals surface area contributed by atoms with E-state index in [0.29, 0.717) is 34.9 Å². The molecule has 2 aromatic rings. The lowest BCUT2D eigenvalue weighted by Gasteiger charge is -2.27. The zero-order chi connectivity index (χ0) is 19.4. The fourth-order valence-corrected chi connectivity index (χ4v) is 3.04. The SMILES string of the molecule is CC[C@H]1NC(=O)NC(C)=C1C(=O)NCc1cc(-c2ccccc2OC)no1. The van der Waals surface area contributed by atoms with Crippen LogP contribution in [-0.4, -0.2) is 30.2 Å². The number of rotatable bonds is 6. The Bertz CT molecular complexity index is 887. The highest BCUT2D eigenvalue weighted by molar-refractivity contribution is 5.98. The highest BCUT2D eigenvalue weighted by Crippen LogP contribution is 2.29. The maximum atomic E-state index is 12.6. The quantitative estimate of drug-likeness (QED) is 0.724. The molecule has 8 nitrogen and oxygen atoms in total. The first-order valence-corrected chi connectivity index (χ1v) is 8.69. The van der Waals surface area contributed by atoms with Gasteiger partial charge in [-0.25, -0.2) is 4.79 Å². The lowest BCUT2D eigenvalue weighted by molar-refractivity contribution is -0.118. The van der Waals surface area contributed by atoms with Crippen LogP contribution in [0.4, 0.5) is 4.79 Å². The Morgan fingerprint density at radius 3 is 2.89 bits per heavy atom. The summed E-state index contributed by atoms with van der Waals surface area (Å²) in [5.41, 5.74) is 2.51. The van der Waals surface area contributed by atoms with Gasteiger partial charge in [0.2, 0.25) is 0 Å². The van der Waals surface area contributed by atoms with E-state index >= 15 is 0 Å². The van der Waals surface area contributed by atoms with Crippen molar-refractivity contribution in [2.45, 2.75) is 32.9 Å². The van der Waals surface area contributed by atoms with E-state index in [1.165, 1.54) is 0 Å². The van der Waals surface area contributed by atoms with Gasteiger partial charge in [0.1, 0.15) is 11.4 Å². The topological polar surface area (TPSA) is 105 Å². The third-order valence-electron chi connectivity index (χ3n) is 4.38. The minimum Gasteiger partial charge on any atom is -0.496 e. The summed E-state index contributed by atoms with van der Waals surface area (Å²) in [7, 11) is 1.59. The number of nitrogens with zero attached hydrogens (tertiary/aromatic N) is 1. The van der Waals surface area contributed by atoms with Crippen molar-refractivity contribution in [1.29, 1.82) is 0 Å². The number of methoxy groups -OCH3 is 1. The Morgan fingerprint density at radius 1 is 1.37 bits per heavy atom. The molecule has 27 heavy (non-hydrogen) atoms. The Morgan fingerprint density at radius 2 is 2.15 bits per heavy atom. The van der Waals surface area contributed by atoms with Gasteiger partial charge in [0.05, 0.1) is 25.3 Å². The van der Waals surface area contributed by atoms with E-state index in [1.807, 2.05) is 31.2 Å². The number of allylic oxidation sites excluding steroid dienone is 1. The molecule has 0 spiro atoms. The molecule has 0 aliphatic carbocycles. The number of benzene rings is 1. The van der Waals surface area contributed by atoms with Crippen molar-refractivity contribution < 1.29 is 18.8 Å². The van der Waals surface area contributed by atoms with Crippen molar-refractivity contribution in [2.24, 2.45) is 0 Å². The molecule has 0 saturated carbocycles. The summed E-state index contributed by atoms with van der Waals surface area (Å²) in [4.78, 5) is 24.2. The molecule has 142 valence electrons. The van der Waals surface area contributed by atoms with Crippen molar-refractivity contribution in [1.82, 2.24) is 21.1 Å². The predicted octanol–water partition coefficient (Wildman–Crippen LogP) is 2.33. The van der Waals surface area contributed by atoms with Gasteiger partial charge in [-0.3, -0.25) is 4.79 Å². The summed E-state index contributed by atoms with van der Waals surface area (Å²) in [6, 6.07) is 8.63. The monoisotopic (exact) mass is 370 g/mol. The number of para-hydroxylation sites is 1. The predicted molar refractivity (Wildman–Crippen MR) is 98.8 cm³/mol. The molecule has 0 fully saturated rings. The fourth-order valence-electron chi connectivity index (χ4n) is 3.04. The van der Waals surface area contributed by atoms with Crippen LogP contribution in [0, 0.1) is 0 Å². The zero-order valence-electron chi connectivity index (χ0n) is 15.5. The van der Waals surface area contributed by atoms with Crippen molar-refractivity contribution in [3.05, 3.63) is 47.4 Å². The second kappa shape index (κ2) is 7.94. The molecule has 0 unspecified atom stereocenters. The van der Waals surface area contributed by atoms with E-state index in [2.05, 4.69) is 21.1 Å². The largest absolute Gasteiger partial charge is 0.496 e. The zero-order valence-corrected chi connectivity index (χ0v) is 15.5. The number of amides is 3. The van der Waals surface area contributed by atoms with Gasteiger partial charge < -0.3 is 25.2 Å². The van der Waals surface area contributed by atoms with Crippen LogP contribution in [0.25, 0.3) is 11.3 Å². The fraction of sp³-hybridized carbons (Fsp3) is 0.316. The van der Waals surface area contributed by atoms with Crippen LogP contribution < -0.4 is 20.7 Å². The number of nitrogens with one attached hydrogen (secondary N) is 3. The summed E-state index contributed by atoms with van der Waals surface area (Å²) < 4.78 is 10.7. The Labute approximate surface area is 156 Å². The maximum absolute atomic E-state index is 12.6. The summed E-state index contributed by atoms with van der Waals surface area (Å²) in [6.07, 6.45) is 0.619. The van der Waals surface area contributed by atoms with E-state index in [9.17, 15) is 9.59 Å². The Balaban J connectivity index is 1.71. The molecule has 3 N–H and O–H groups in total. The Hall–Kier alpha value is -3.29. The van der Waals surface area contributed by atoms with Crippen molar-refractivity contribution in [2.75, 3.05) is 7.11 Å². The molecule has 0 radical (unpaired) electrons. The van der Waals surface area contributed by atoms with Gasteiger partial charge >= 0.3 is 6.03 Å². The van der Waals surface area contributed by atoms with Crippen LogP contribution in [0.1, 0.15) is 26.0 Å². The summed E-state index contributed by atoms with van der Waals surface area (Å²) in [5, 5.41) is 12.2. The minimum atomic E-state index is -0.322. The highest BCUT2D eigenvalue weighted by atomic mass is 16.5. The van der Waals surface area contributed by atoms with E-state index < -0.39 is 0 Å². The third-order valence-corrected chi connectivity index (χ3v) is 4.38. The van der Waals surface area contributed by atoms with Crippen molar-refractivity contribution >= 4 is 11.9 Å². The average Bonchev–Trinajstić information content (AvgIpc) is 3.14. The van der Waals surface area contributed by atoms with Gasteiger partial charge in [-0.2, -0.15) is 0 Å². The molecule has 0 saturated heterocycles. The number of carbonyl (C=O) groups excluding carboxylic acids is 2. The van der Waals surface area contributed by atoms with Gasteiger partial charge in [-0.15, -0.1) is 0 Å².